The lowest BCUT2D eigenvalue weighted by molar-refractivity contribution is -0.115. The number of aromatic nitrogens is 1. The fourth-order valence-electron chi connectivity index (χ4n) is 4.30. The van der Waals surface area contributed by atoms with Crippen LogP contribution >= 0.6 is 0 Å². The molecule has 0 unspecified atom stereocenters. The molecule has 2 atom stereocenters. The smallest absolute Gasteiger partial charge is 0.253 e. The Labute approximate surface area is 165 Å². The number of pyridine rings is 1. The Morgan fingerprint density at radius 1 is 1.21 bits per heavy atom. The van der Waals surface area contributed by atoms with Crippen molar-refractivity contribution in [1.29, 1.82) is 5.26 Å². The molecule has 0 saturated carbocycles. The number of methoxy groups -OCH3 is 1. The highest BCUT2D eigenvalue weighted by Gasteiger charge is 2.44. The number of likely N-dealkylation sites (tertiary alicyclic amines) is 2. The standard InChI is InChI=1S/C22H24N4O2/c1-28-20-15-26(21(20)18-3-2-10-24-14-18)19-8-11-25(12-9-19)22(27)17-6-4-16(13-23)5-7-17/h2-7,10,14,19-21H,8-9,11-12,15H2,1H3/t20-,21-/m0/s1. The predicted octanol–water partition coefficient (Wildman–Crippen LogP) is 2.63. The van der Waals surface area contributed by atoms with E-state index in [0.717, 1.165) is 32.5 Å². The topological polar surface area (TPSA) is 69.5 Å². The summed E-state index contributed by atoms with van der Waals surface area (Å²) >= 11 is 0. The third-order valence-electron chi connectivity index (χ3n) is 5.91. The lowest BCUT2D eigenvalue weighted by atomic mass is 9.87. The van der Waals surface area contributed by atoms with E-state index in [9.17, 15) is 4.79 Å². The van der Waals surface area contributed by atoms with E-state index in [1.54, 1.807) is 37.6 Å². The second kappa shape index (κ2) is 8.09. The second-order valence-corrected chi connectivity index (χ2v) is 7.41. The average Bonchev–Trinajstić information content (AvgIpc) is 2.74. The number of amides is 1. The number of carbonyl (C=O) groups is 1. The molecule has 0 bridgehead atoms. The van der Waals surface area contributed by atoms with Crippen LogP contribution in [0.3, 0.4) is 0 Å². The first kappa shape index (κ1) is 18.6. The summed E-state index contributed by atoms with van der Waals surface area (Å²) < 4.78 is 5.65. The van der Waals surface area contributed by atoms with Gasteiger partial charge in [-0.05, 0) is 48.7 Å². The van der Waals surface area contributed by atoms with Crippen LogP contribution in [0.15, 0.2) is 48.8 Å². The number of nitriles is 1. The molecule has 2 saturated heterocycles. The molecule has 0 N–H and O–H groups in total. The highest BCUT2D eigenvalue weighted by Crippen LogP contribution is 2.39. The molecule has 0 spiro atoms. The van der Waals surface area contributed by atoms with Crippen LogP contribution < -0.4 is 0 Å². The number of hydrogen-bond acceptors (Lipinski definition) is 5. The van der Waals surface area contributed by atoms with Crippen molar-refractivity contribution in [3.05, 3.63) is 65.5 Å². The first-order valence-electron chi connectivity index (χ1n) is 9.69. The van der Waals surface area contributed by atoms with Gasteiger partial charge in [0.15, 0.2) is 0 Å². The molecule has 1 amide bonds. The van der Waals surface area contributed by atoms with Crippen LogP contribution in [0, 0.1) is 11.3 Å². The van der Waals surface area contributed by atoms with Crippen molar-refractivity contribution in [2.24, 2.45) is 0 Å². The number of rotatable bonds is 4. The number of benzene rings is 1. The van der Waals surface area contributed by atoms with Crippen molar-refractivity contribution in [1.82, 2.24) is 14.8 Å². The third kappa shape index (κ3) is 3.51. The van der Waals surface area contributed by atoms with Crippen molar-refractivity contribution < 1.29 is 9.53 Å². The highest BCUT2D eigenvalue weighted by molar-refractivity contribution is 5.94. The van der Waals surface area contributed by atoms with E-state index in [2.05, 4.69) is 22.0 Å². The third-order valence-corrected chi connectivity index (χ3v) is 5.91. The minimum Gasteiger partial charge on any atom is -0.378 e. The quantitative estimate of drug-likeness (QED) is 0.820. The molecule has 144 valence electrons. The summed E-state index contributed by atoms with van der Waals surface area (Å²) in [4.78, 5) is 21.4. The summed E-state index contributed by atoms with van der Waals surface area (Å²) in [6.45, 7) is 2.42. The van der Waals surface area contributed by atoms with Crippen LogP contribution in [0.25, 0.3) is 0 Å². The fourth-order valence-corrected chi connectivity index (χ4v) is 4.30. The maximum Gasteiger partial charge on any atom is 0.253 e. The Kier molecular flexibility index (Phi) is 5.38. The number of hydrogen-bond donors (Lipinski definition) is 0. The van der Waals surface area contributed by atoms with Crippen LogP contribution in [0.4, 0.5) is 0 Å². The van der Waals surface area contributed by atoms with Gasteiger partial charge in [0.1, 0.15) is 0 Å². The van der Waals surface area contributed by atoms with Crippen molar-refractivity contribution in [2.45, 2.75) is 31.0 Å². The maximum absolute atomic E-state index is 12.7. The van der Waals surface area contributed by atoms with E-state index in [0.29, 0.717) is 17.2 Å². The van der Waals surface area contributed by atoms with Crippen LogP contribution in [0.5, 0.6) is 0 Å². The zero-order valence-corrected chi connectivity index (χ0v) is 16.0. The van der Waals surface area contributed by atoms with Gasteiger partial charge in [-0.1, -0.05) is 6.07 Å². The van der Waals surface area contributed by atoms with Crippen LogP contribution in [0.1, 0.15) is 40.4 Å². The van der Waals surface area contributed by atoms with Crippen LogP contribution in [-0.4, -0.2) is 59.6 Å². The van der Waals surface area contributed by atoms with Gasteiger partial charge in [-0.15, -0.1) is 0 Å². The average molecular weight is 376 g/mol. The number of ether oxygens (including phenoxy) is 1. The van der Waals surface area contributed by atoms with Gasteiger partial charge >= 0.3 is 0 Å². The molecule has 2 fully saturated rings. The molecule has 1 aromatic carbocycles. The fraction of sp³-hybridized carbons (Fsp3) is 0.409. The SMILES string of the molecule is CO[C@H]1CN(C2CCN(C(=O)c3ccc(C#N)cc3)CC2)[C@H]1c1cccnc1. The summed E-state index contributed by atoms with van der Waals surface area (Å²) in [6.07, 6.45) is 5.82. The molecule has 4 rings (SSSR count). The van der Waals surface area contributed by atoms with E-state index in [-0.39, 0.29) is 18.1 Å². The van der Waals surface area contributed by atoms with Crippen molar-refractivity contribution in [3.8, 4) is 6.07 Å². The summed E-state index contributed by atoms with van der Waals surface area (Å²) in [6, 6.07) is 13.7. The molecule has 2 aliphatic rings. The zero-order chi connectivity index (χ0) is 19.5. The normalized spacial score (nSPS) is 23.1. The zero-order valence-electron chi connectivity index (χ0n) is 16.0. The van der Waals surface area contributed by atoms with Gasteiger partial charge in [-0.2, -0.15) is 5.26 Å². The van der Waals surface area contributed by atoms with Crippen LogP contribution in [0.2, 0.25) is 0 Å². The second-order valence-electron chi connectivity index (χ2n) is 7.41. The Morgan fingerprint density at radius 3 is 2.57 bits per heavy atom. The molecular weight excluding hydrogens is 352 g/mol. The van der Waals surface area contributed by atoms with Gasteiger partial charge in [0, 0.05) is 50.7 Å². The maximum atomic E-state index is 12.7. The molecule has 0 aliphatic carbocycles. The lowest BCUT2D eigenvalue weighted by Crippen LogP contribution is -2.60. The Morgan fingerprint density at radius 2 is 1.96 bits per heavy atom. The van der Waals surface area contributed by atoms with Gasteiger partial charge in [-0.25, -0.2) is 0 Å². The van der Waals surface area contributed by atoms with E-state index in [4.69, 9.17) is 10.00 Å². The molecule has 3 heterocycles. The Balaban J connectivity index is 1.38. The molecular formula is C22H24N4O2. The summed E-state index contributed by atoms with van der Waals surface area (Å²) in [5.41, 5.74) is 2.41. The molecule has 1 aromatic heterocycles. The Bertz CT molecular complexity index is 854. The van der Waals surface area contributed by atoms with E-state index >= 15 is 0 Å². The molecule has 0 radical (unpaired) electrons. The first-order valence-corrected chi connectivity index (χ1v) is 9.69. The molecule has 6 heteroatoms. The first-order chi connectivity index (χ1) is 13.7. The van der Waals surface area contributed by atoms with E-state index in [1.807, 2.05) is 17.2 Å². The predicted molar refractivity (Wildman–Crippen MR) is 105 cm³/mol. The molecule has 28 heavy (non-hydrogen) atoms. The minimum atomic E-state index is 0.0464. The summed E-state index contributed by atoms with van der Waals surface area (Å²) in [5, 5.41) is 8.90. The monoisotopic (exact) mass is 376 g/mol. The number of piperidine rings is 1. The molecule has 2 aromatic rings. The van der Waals surface area contributed by atoms with E-state index in [1.165, 1.54) is 5.56 Å². The lowest BCUT2D eigenvalue weighted by Gasteiger charge is -2.52. The van der Waals surface area contributed by atoms with Gasteiger partial charge in [-0.3, -0.25) is 14.7 Å². The van der Waals surface area contributed by atoms with Crippen molar-refractivity contribution in [2.75, 3.05) is 26.7 Å². The van der Waals surface area contributed by atoms with Crippen LogP contribution in [-0.2, 0) is 4.74 Å². The minimum absolute atomic E-state index is 0.0464. The van der Waals surface area contributed by atoms with E-state index < -0.39 is 0 Å². The number of carbonyl (C=O) groups excluding carboxylic acids is 1. The Hall–Kier alpha value is -2.75. The van der Waals surface area contributed by atoms with Gasteiger partial charge in [0.25, 0.3) is 5.91 Å². The summed E-state index contributed by atoms with van der Waals surface area (Å²) in [7, 11) is 1.77. The number of nitrogens with zero attached hydrogens (tertiary/aromatic N) is 4. The van der Waals surface area contributed by atoms with Crippen molar-refractivity contribution in [3.63, 3.8) is 0 Å². The van der Waals surface area contributed by atoms with Gasteiger partial charge in [0.2, 0.25) is 0 Å². The van der Waals surface area contributed by atoms with Crippen molar-refractivity contribution >= 4 is 5.91 Å². The largest absolute Gasteiger partial charge is 0.378 e. The summed E-state index contributed by atoms with van der Waals surface area (Å²) in [5.74, 6) is 0.0464. The molecule has 2 aliphatic heterocycles. The highest BCUT2D eigenvalue weighted by atomic mass is 16.5. The van der Waals surface area contributed by atoms with Gasteiger partial charge < -0.3 is 9.64 Å². The van der Waals surface area contributed by atoms with Gasteiger partial charge in [0.05, 0.1) is 23.8 Å². The molecule has 6 nitrogen and oxygen atoms in total.